The molecule has 3 aromatic heterocycles. The topological polar surface area (TPSA) is 72.4 Å². The zero-order valence-electron chi connectivity index (χ0n) is 11.6. The molecule has 0 bridgehead atoms. The number of aromatic nitrogens is 4. The molecule has 0 aliphatic carbocycles. The molecule has 0 aliphatic rings. The van der Waals surface area contributed by atoms with Crippen molar-refractivity contribution in [2.24, 2.45) is 0 Å². The van der Waals surface area contributed by atoms with E-state index < -0.39 is 5.97 Å². The summed E-state index contributed by atoms with van der Waals surface area (Å²) in [5.74, 6) is -0.0336. The van der Waals surface area contributed by atoms with Gasteiger partial charge in [0.2, 0.25) is 0 Å². The van der Waals surface area contributed by atoms with Crippen molar-refractivity contribution < 1.29 is 9.90 Å². The van der Waals surface area contributed by atoms with E-state index in [4.69, 9.17) is 5.11 Å². The van der Waals surface area contributed by atoms with E-state index >= 15 is 0 Å². The van der Waals surface area contributed by atoms with Crippen molar-refractivity contribution >= 4 is 28.3 Å². The summed E-state index contributed by atoms with van der Waals surface area (Å²) in [4.78, 5) is 16.1. The molecule has 3 heterocycles. The first-order valence-electron chi connectivity index (χ1n) is 6.48. The van der Waals surface area contributed by atoms with E-state index in [-0.39, 0.29) is 0 Å². The van der Waals surface area contributed by atoms with Gasteiger partial charge in [0.05, 0.1) is 11.4 Å². The third kappa shape index (κ3) is 2.47. The number of rotatable bonds is 4. The van der Waals surface area contributed by atoms with Gasteiger partial charge in [-0.2, -0.15) is 10.1 Å². The van der Waals surface area contributed by atoms with Crippen molar-refractivity contribution in [2.45, 2.75) is 19.8 Å². The lowest BCUT2D eigenvalue weighted by molar-refractivity contribution is -0.131. The van der Waals surface area contributed by atoms with Crippen molar-refractivity contribution in [2.75, 3.05) is 0 Å². The number of hydrogen-bond donors (Lipinski definition) is 1. The Morgan fingerprint density at radius 2 is 2.24 bits per heavy atom. The molecule has 6 nitrogen and oxygen atoms in total. The van der Waals surface area contributed by atoms with Gasteiger partial charge in [-0.15, -0.1) is 11.3 Å². The molecule has 0 spiro atoms. The lowest BCUT2D eigenvalue weighted by Crippen LogP contribution is -2.00. The normalized spacial score (nSPS) is 12.0. The van der Waals surface area contributed by atoms with Crippen LogP contribution in [0.2, 0.25) is 0 Å². The van der Waals surface area contributed by atoms with Gasteiger partial charge in [0, 0.05) is 23.8 Å². The summed E-state index contributed by atoms with van der Waals surface area (Å²) in [6.45, 7) is 4.15. The minimum Gasteiger partial charge on any atom is -0.478 e. The number of hydrogen-bond acceptors (Lipinski definition) is 4. The molecule has 3 aromatic rings. The molecule has 0 saturated heterocycles. The second-order valence-electron chi connectivity index (χ2n) is 4.89. The molecule has 3 rings (SSSR count). The van der Waals surface area contributed by atoms with Crippen LogP contribution in [0.4, 0.5) is 0 Å². The maximum Gasteiger partial charge on any atom is 0.328 e. The highest BCUT2D eigenvalue weighted by atomic mass is 32.1. The van der Waals surface area contributed by atoms with E-state index in [2.05, 4.69) is 23.9 Å². The van der Waals surface area contributed by atoms with Crippen molar-refractivity contribution in [1.82, 2.24) is 19.2 Å². The van der Waals surface area contributed by atoms with E-state index in [0.717, 1.165) is 16.7 Å². The minimum absolute atomic E-state index is 0.327. The predicted molar refractivity (Wildman–Crippen MR) is 80.9 cm³/mol. The lowest BCUT2D eigenvalue weighted by atomic mass is 10.1. The molecule has 21 heavy (non-hydrogen) atoms. The Bertz CT molecular complexity index is 825. The molecule has 0 fully saturated rings. The van der Waals surface area contributed by atoms with E-state index in [0.29, 0.717) is 17.4 Å². The second-order valence-corrected chi connectivity index (χ2v) is 5.76. The van der Waals surface area contributed by atoms with Crippen LogP contribution in [-0.4, -0.2) is 30.2 Å². The molecule has 0 amide bonds. The summed E-state index contributed by atoms with van der Waals surface area (Å²) in [6, 6.07) is 1.95. The third-order valence-corrected chi connectivity index (χ3v) is 3.84. The molecule has 108 valence electrons. The Morgan fingerprint density at radius 1 is 1.43 bits per heavy atom. The van der Waals surface area contributed by atoms with Gasteiger partial charge in [0.25, 0.3) is 0 Å². The van der Waals surface area contributed by atoms with Crippen molar-refractivity contribution in [3.05, 3.63) is 41.3 Å². The number of carbonyl (C=O) groups is 1. The van der Waals surface area contributed by atoms with Gasteiger partial charge in [0.15, 0.2) is 10.8 Å². The van der Waals surface area contributed by atoms with Crippen LogP contribution in [0.3, 0.4) is 0 Å². The van der Waals surface area contributed by atoms with Gasteiger partial charge < -0.3 is 5.11 Å². The molecule has 0 aliphatic heterocycles. The maximum absolute atomic E-state index is 10.8. The van der Waals surface area contributed by atoms with Crippen LogP contribution in [0.25, 0.3) is 16.9 Å². The minimum atomic E-state index is -0.991. The zero-order chi connectivity index (χ0) is 15.0. The molecule has 0 radical (unpaired) electrons. The molecule has 0 saturated carbocycles. The fraction of sp³-hybridized carbons (Fsp3) is 0.214. The van der Waals surface area contributed by atoms with Crippen molar-refractivity contribution in [3.63, 3.8) is 0 Å². The van der Waals surface area contributed by atoms with Gasteiger partial charge in [0.1, 0.15) is 0 Å². The van der Waals surface area contributed by atoms with Gasteiger partial charge in [-0.25, -0.2) is 9.48 Å². The van der Waals surface area contributed by atoms with Gasteiger partial charge in [-0.1, -0.05) is 13.8 Å². The first-order chi connectivity index (χ1) is 10.1. The number of fused-ring (bicyclic) bond motifs is 1. The fourth-order valence-electron chi connectivity index (χ4n) is 2.03. The monoisotopic (exact) mass is 302 g/mol. The van der Waals surface area contributed by atoms with E-state index in [9.17, 15) is 4.79 Å². The molecule has 7 heteroatoms. The quantitative estimate of drug-likeness (QED) is 0.752. The Balaban J connectivity index is 2.14. The van der Waals surface area contributed by atoms with Gasteiger partial charge >= 0.3 is 5.97 Å². The third-order valence-electron chi connectivity index (χ3n) is 3.08. The number of aliphatic carboxylic acids is 1. The average Bonchev–Trinajstić information content (AvgIpc) is 3.11. The lowest BCUT2D eigenvalue weighted by Gasteiger charge is -2.01. The highest BCUT2D eigenvalue weighted by Gasteiger charge is 2.14. The Labute approximate surface area is 125 Å². The Kier molecular flexibility index (Phi) is 3.34. The highest BCUT2D eigenvalue weighted by molar-refractivity contribution is 7.15. The Hall–Kier alpha value is -2.41. The van der Waals surface area contributed by atoms with Crippen LogP contribution < -0.4 is 0 Å². The summed E-state index contributed by atoms with van der Waals surface area (Å²) >= 11 is 1.49. The molecular formula is C14H14N4O2S. The summed E-state index contributed by atoms with van der Waals surface area (Å²) in [5.41, 5.74) is 1.67. The van der Waals surface area contributed by atoms with Gasteiger partial charge in [-0.05, 0) is 18.1 Å². The first-order valence-corrected chi connectivity index (χ1v) is 7.36. The van der Waals surface area contributed by atoms with E-state index in [1.54, 1.807) is 10.8 Å². The SMILES string of the molecule is CC(C)c1ccn(-c2nc3sccn3c2C=CC(=O)O)n1. The molecular weight excluding hydrogens is 288 g/mol. The van der Waals surface area contributed by atoms with Crippen LogP contribution in [0.5, 0.6) is 0 Å². The molecule has 1 N–H and O–H groups in total. The number of imidazole rings is 1. The molecule has 0 aromatic carbocycles. The summed E-state index contributed by atoms with van der Waals surface area (Å²) in [5, 5.41) is 15.3. The van der Waals surface area contributed by atoms with Gasteiger partial charge in [-0.3, -0.25) is 4.40 Å². The summed E-state index contributed by atoms with van der Waals surface area (Å²) in [6.07, 6.45) is 6.36. The van der Waals surface area contributed by atoms with E-state index in [1.807, 2.05) is 28.2 Å². The highest BCUT2D eigenvalue weighted by Crippen LogP contribution is 2.22. The fourth-order valence-corrected chi connectivity index (χ4v) is 2.75. The number of carboxylic acids is 1. The molecule has 0 unspecified atom stereocenters. The summed E-state index contributed by atoms with van der Waals surface area (Å²) in [7, 11) is 0. The zero-order valence-corrected chi connectivity index (χ0v) is 12.4. The van der Waals surface area contributed by atoms with Crippen LogP contribution in [0, 0.1) is 0 Å². The van der Waals surface area contributed by atoms with Crippen LogP contribution in [0.15, 0.2) is 29.9 Å². The van der Waals surface area contributed by atoms with Crippen molar-refractivity contribution in [1.29, 1.82) is 0 Å². The second kappa shape index (κ2) is 5.17. The smallest absolute Gasteiger partial charge is 0.328 e. The standard InChI is InChI=1S/C14H14N4O2S/c1-9(2)10-5-6-18(16-10)13-11(3-4-12(19)20)17-7-8-21-14(17)15-13/h3-9H,1-2H3,(H,19,20). The van der Waals surface area contributed by atoms with E-state index in [1.165, 1.54) is 11.3 Å². The Morgan fingerprint density at radius 3 is 2.90 bits per heavy atom. The average molecular weight is 302 g/mol. The van der Waals surface area contributed by atoms with Crippen LogP contribution in [-0.2, 0) is 4.79 Å². The summed E-state index contributed by atoms with van der Waals surface area (Å²) < 4.78 is 3.55. The number of carboxylic acid groups (broad SMARTS) is 1. The van der Waals surface area contributed by atoms with Crippen molar-refractivity contribution in [3.8, 4) is 5.82 Å². The largest absolute Gasteiger partial charge is 0.478 e. The van der Waals surface area contributed by atoms with Crippen LogP contribution in [0.1, 0.15) is 31.2 Å². The first kappa shape index (κ1) is 13.6. The maximum atomic E-state index is 10.8. The van der Waals surface area contributed by atoms with Crippen LogP contribution >= 0.6 is 11.3 Å². The predicted octanol–water partition coefficient (Wildman–Crippen LogP) is 2.80. The number of nitrogens with zero attached hydrogens (tertiary/aromatic N) is 4. The number of thiazole rings is 1. The molecule has 0 atom stereocenters.